The molecule has 1 aliphatic rings. The summed E-state index contributed by atoms with van der Waals surface area (Å²) in [5.74, 6) is 1.06. The number of carbonyl (C=O) groups is 2. The van der Waals surface area contributed by atoms with E-state index in [0.29, 0.717) is 18.3 Å². The van der Waals surface area contributed by atoms with Crippen LogP contribution in [0.1, 0.15) is 46.1 Å². The van der Waals surface area contributed by atoms with Gasteiger partial charge in [-0.1, -0.05) is 5.16 Å². The molecule has 1 N–H and O–H groups in total. The van der Waals surface area contributed by atoms with Crippen LogP contribution in [0.3, 0.4) is 0 Å². The molecule has 0 aliphatic carbocycles. The average molecular weight is 410 g/mol. The fraction of sp³-hybridized carbons (Fsp3) is 0.333. The molecule has 1 saturated heterocycles. The third-order valence-electron chi connectivity index (χ3n) is 4.91. The number of piperidine rings is 1. The highest BCUT2D eigenvalue weighted by Crippen LogP contribution is 2.29. The van der Waals surface area contributed by atoms with Crippen molar-refractivity contribution in [3.8, 4) is 11.4 Å². The molecule has 150 valence electrons. The minimum absolute atomic E-state index is 0.0358. The molecule has 1 fully saturated rings. The molecule has 1 atom stereocenters. The van der Waals surface area contributed by atoms with E-state index in [1.165, 1.54) is 18.3 Å². The van der Waals surface area contributed by atoms with Crippen molar-refractivity contribution in [2.75, 3.05) is 18.4 Å². The van der Waals surface area contributed by atoms with Crippen LogP contribution in [0, 0.1) is 6.92 Å². The molecule has 0 spiro atoms. The van der Waals surface area contributed by atoms with E-state index >= 15 is 0 Å². The zero-order valence-corrected chi connectivity index (χ0v) is 17.2. The maximum Gasteiger partial charge on any atom is 0.263 e. The number of nitrogens with one attached hydrogen (secondary N) is 1. The number of carbonyl (C=O) groups excluding carboxylic acids is 2. The number of aromatic nitrogens is 2. The highest BCUT2D eigenvalue weighted by molar-refractivity contribution is 7.13. The Balaban J connectivity index is 1.46. The lowest BCUT2D eigenvalue weighted by atomic mass is 9.98. The standard InChI is InChI=1S/C21H22N4O3S/c1-13-5-10-18(29-13)21(27)25-11-3-4-16(12-25)20-23-19(24-28-20)15-6-8-17(9-7-15)22-14(2)26/h5-10,16H,3-4,11-12H2,1-2H3,(H,22,26). The first-order valence-electron chi connectivity index (χ1n) is 9.57. The number of anilines is 1. The second-order valence-electron chi connectivity index (χ2n) is 7.22. The smallest absolute Gasteiger partial charge is 0.263 e. The zero-order valence-electron chi connectivity index (χ0n) is 16.3. The highest BCUT2D eigenvalue weighted by Gasteiger charge is 2.29. The lowest BCUT2D eigenvalue weighted by molar-refractivity contribution is -0.114. The molecule has 1 unspecified atom stereocenters. The molecule has 1 aliphatic heterocycles. The van der Waals surface area contributed by atoms with Crippen LogP contribution in [0.2, 0.25) is 0 Å². The first kappa shape index (κ1) is 19.3. The predicted octanol–water partition coefficient (Wildman–Crippen LogP) is 4.08. The van der Waals surface area contributed by atoms with Gasteiger partial charge >= 0.3 is 0 Å². The number of nitrogens with zero attached hydrogens (tertiary/aromatic N) is 3. The van der Waals surface area contributed by atoms with Gasteiger partial charge < -0.3 is 14.7 Å². The maximum atomic E-state index is 12.8. The summed E-state index contributed by atoms with van der Waals surface area (Å²) in [6.07, 6.45) is 1.82. The molecule has 3 aromatic rings. The van der Waals surface area contributed by atoms with Crippen molar-refractivity contribution in [1.82, 2.24) is 15.0 Å². The van der Waals surface area contributed by atoms with Crippen LogP contribution in [0.4, 0.5) is 5.69 Å². The van der Waals surface area contributed by atoms with Gasteiger partial charge in [0.2, 0.25) is 17.6 Å². The second-order valence-corrected chi connectivity index (χ2v) is 8.50. The highest BCUT2D eigenvalue weighted by atomic mass is 32.1. The summed E-state index contributed by atoms with van der Waals surface area (Å²) in [5.41, 5.74) is 1.53. The molecule has 8 heteroatoms. The molecule has 1 aromatic carbocycles. The van der Waals surface area contributed by atoms with Gasteiger partial charge in [-0.2, -0.15) is 4.98 Å². The van der Waals surface area contributed by atoms with Crippen molar-refractivity contribution >= 4 is 28.8 Å². The van der Waals surface area contributed by atoms with E-state index in [-0.39, 0.29) is 17.7 Å². The number of benzene rings is 1. The molecule has 29 heavy (non-hydrogen) atoms. The number of likely N-dealkylation sites (tertiary alicyclic amines) is 1. The lowest BCUT2D eigenvalue weighted by Gasteiger charge is -2.30. The summed E-state index contributed by atoms with van der Waals surface area (Å²) < 4.78 is 5.53. The second kappa shape index (κ2) is 8.16. The zero-order chi connectivity index (χ0) is 20.4. The molecule has 0 radical (unpaired) electrons. The summed E-state index contributed by atoms with van der Waals surface area (Å²) in [5, 5.41) is 6.84. The number of hydrogen-bond donors (Lipinski definition) is 1. The molecule has 0 bridgehead atoms. The Bertz CT molecular complexity index is 1020. The minimum Gasteiger partial charge on any atom is -0.339 e. The van der Waals surface area contributed by atoms with Crippen molar-refractivity contribution in [3.05, 3.63) is 52.0 Å². The normalized spacial score (nSPS) is 16.6. The maximum absolute atomic E-state index is 12.8. The van der Waals surface area contributed by atoms with Gasteiger partial charge in [0, 0.05) is 36.1 Å². The summed E-state index contributed by atoms with van der Waals surface area (Å²) >= 11 is 1.52. The predicted molar refractivity (Wildman–Crippen MR) is 111 cm³/mol. The van der Waals surface area contributed by atoms with Gasteiger partial charge in [0.25, 0.3) is 5.91 Å². The largest absolute Gasteiger partial charge is 0.339 e. The molecule has 4 rings (SSSR count). The van der Waals surface area contributed by atoms with Gasteiger partial charge in [-0.05, 0) is 56.2 Å². The monoisotopic (exact) mass is 410 g/mol. The Kier molecular flexibility index (Phi) is 5.44. The van der Waals surface area contributed by atoms with E-state index in [0.717, 1.165) is 40.4 Å². The van der Waals surface area contributed by atoms with E-state index in [1.807, 2.05) is 36.1 Å². The summed E-state index contributed by atoms with van der Waals surface area (Å²) in [6.45, 7) is 4.80. The summed E-state index contributed by atoms with van der Waals surface area (Å²) in [4.78, 5) is 32.2. The number of aryl methyl sites for hydroxylation is 1. The van der Waals surface area contributed by atoms with E-state index in [9.17, 15) is 9.59 Å². The molecule has 0 saturated carbocycles. The van der Waals surface area contributed by atoms with Crippen LogP contribution < -0.4 is 5.32 Å². The van der Waals surface area contributed by atoms with Gasteiger partial charge in [-0.25, -0.2) is 0 Å². The van der Waals surface area contributed by atoms with Gasteiger partial charge in [0.05, 0.1) is 10.8 Å². The van der Waals surface area contributed by atoms with Crippen molar-refractivity contribution in [1.29, 1.82) is 0 Å². The SMILES string of the molecule is CC(=O)Nc1ccc(-c2noc(C3CCCN(C(=O)c4ccc(C)s4)C3)n2)cc1. The van der Waals surface area contributed by atoms with Crippen molar-refractivity contribution in [2.45, 2.75) is 32.6 Å². The third-order valence-corrected chi connectivity index (χ3v) is 5.90. The minimum atomic E-state index is -0.117. The Morgan fingerprint density at radius 2 is 2.00 bits per heavy atom. The first-order chi connectivity index (χ1) is 14.0. The van der Waals surface area contributed by atoms with Gasteiger partial charge in [0.1, 0.15) is 0 Å². The average Bonchev–Trinajstić information content (AvgIpc) is 3.37. The Hall–Kier alpha value is -3.00. The number of amides is 2. The van der Waals surface area contributed by atoms with Gasteiger partial charge in [-0.15, -0.1) is 11.3 Å². The Labute approximate surface area is 172 Å². The summed E-state index contributed by atoms with van der Waals surface area (Å²) in [7, 11) is 0. The Morgan fingerprint density at radius 3 is 2.69 bits per heavy atom. The van der Waals surface area contributed by atoms with E-state index in [2.05, 4.69) is 15.5 Å². The molecule has 7 nitrogen and oxygen atoms in total. The van der Waals surface area contributed by atoms with Crippen LogP contribution in [0.5, 0.6) is 0 Å². The quantitative estimate of drug-likeness (QED) is 0.700. The van der Waals surface area contributed by atoms with Gasteiger partial charge in [0.15, 0.2) is 0 Å². The van der Waals surface area contributed by atoms with Crippen LogP contribution >= 0.6 is 11.3 Å². The number of hydrogen-bond acceptors (Lipinski definition) is 6. The fourth-order valence-corrected chi connectivity index (χ4v) is 4.33. The van der Waals surface area contributed by atoms with E-state index < -0.39 is 0 Å². The van der Waals surface area contributed by atoms with Crippen LogP contribution in [0.15, 0.2) is 40.9 Å². The number of rotatable bonds is 4. The van der Waals surface area contributed by atoms with E-state index in [1.54, 1.807) is 12.1 Å². The molecule has 2 amide bonds. The van der Waals surface area contributed by atoms with Crippen LogP contribution in [-0.2, 0) is 4.79 Å². The molecule has 3 heterocycles. The van der Waals surface area contributed by atoms with E-state index in [4.69, 9.17) is 4.52 Å². The third kappa shape index (κ3) is 4.37. The lowest BCUT2D eigenvalue weighted by Crippen LogP contribution is -2.38. The first-order valence-corrected chi connectivity index (χ1v) is 10.4. The van der Waals surface area contributed by atoms with Crippen molar-refractivity contribution < 1.29 is 14.1 Å². The number of thiophene rings is 1. The molecule has 2 aromatic heterocycles. The van der Waals surface area contributed by atoms with Gasteiger partial charge in [-0.3, -0.25) is 9.59 Å². The van der Waals surface area contributed by atoms with Crippen molar-refractivity contribution in [3.63, 3.8) is 0 Å². The molecular weight excluding hydrogens is 388 g/mol. The fourth-order valence-electron chi connectivity index (χ4n) is 3.49. The van der Waals surface area contributed by atoms with Crippen LogP contribution in [-0.4, -0.2) is 39.9 Å². The summed E-state index contributed by atoms with van der Waals surface area (Å²) in [6, 6.07) is 11.2. The van der Waals surface area contributed by atoms with Crippen molar-refractivity contribution in [2.24, 2.45) is 0 Å². The Morgan fingerprint density at radius 1 is 1.21 bits per heavy atom. The topological polar surface area (TPSA) is 88.3 Å². The van der Waals surface area contributed by atoms with Crippen LogP contribution in [0.25, 0.3) is 11.4 Å². The molecular formula is C21H22N4O3S.